The molecule has 4 aromatic rings. The molecule has 0 aliphatic heterocycles. The Morgan fingerprint density at radius 1 is 1.06 bits per heavy atom. The number of nitrogens with zero attached hydrogens (tertiary/aromatic N) is 3. The van der Waals surface area contributed by atoms with Crippen molar-refractivity contribution in [2.24, 2.45) is 0 Å². The first-order valence-corrected chi connectivity index (χ1v) is 11.2. The zero-order valence-corrected chi connectivity index (χ0v) is 19.1. The molecule has 1 N–H and O–H groups in total. The van der Waals surface area contributed by atoms with Crippen LogP contribution in [-0.2, 0) is 17.6 Å². The number of aromatic nitrogens is 3. The molecule has 2 aromatic carbocycles. The van der Waals surface area contributed by atoms with Crippen LogP contribution in [0.15, 0.2) is 60.0 Å². The van der Waals surface area contributed by atoms with Gasteiger partial charge in [0.1, 0.15) is 0 Å². The van der Waals surface area contributed by atoms with Crippen LogP contribution in [0.2, 0.25) is 0 Å². The largest absolute Gasteiger partial charge is 0.326 e. The second-order valence-corrected chi connectivity index (χ2v) is 8.54. The first kappa shape index (κ1) is 21.6. The topological polar surface area (TPSA) is 76.9 Å². The lowest BCUT2D eigenvalue weighted by molar-refractivity contribution is -0.115. The third kappa shape index (κ3) is 4.84. The molecule has 2 aromatic heterocycles. The van der Waals surface area contributed by atoms with Crippen LogP contribution in [0.25, 0.3) is 5.13 Å². The molecule has 32 heavy (non-hydrogen) atoms. The average molecular weight is 445 g/mol. The Morgan fingerprint density at radius 3 is 2.59 bits per heavy atom. The molecule has 0 unspecified atom stereocenters. The van der Waals surface area contributed by atoms with Gasteiger partial charge in [-0.1, -0.05) is 42.5 Å². The van der Waals surface area contributed by atoms with E-state index in [0.29, 0.717) is 16.9 Å². The Balaban J connectivity index is 1.47. The van der Waals surface area contributed by atoms with E-state index < -0.39 is 0 Å². The van der Waals surface area contributed by atoms with Gasteiger partial charge in [0.25, 0.3) is 0 Å². The first-order chi connectivity index (χ1) is 15.4. The molecule has 1 amide bonds. The van der Waals surface area contributed by atoms with E-state index in [1.165, 1.54) is 29.4 Å². The smallest absolute Gasteiger partial charge is 0.230 e. The lowest BCUT2D eigenvalue weighted by atomic mass is 10.0. The van der Waals surface area contributed by atoms with Crippen LogP contribution in [-0.4, -0.2) is 26.5 Å². The number of aryl methyl sites for hydroxylation is 1. The SMILES string of the molecule is CC(=O)c1cccc(NC(=O)Cc2csc(-n3nc(C)c(Cc4ccccc4)c3C)n2)c1. The minimum absolute atomic E-state index is 0.0400. The van der Waals surface area contributed by atoms with Crippen LogP contribution in [0.5, 0.6) is 0 Å². The predicted molar refractivity (Wildman–Crippen MR) is 127 cm³/mol. The summed E-state index contributed by atoms with van der Waals surface area (Å²) in [6.45, 7) is 5.56. The van der Waals surface area contributed by atoms with Crippen molar-refractivity contribution < 1.29 is 9.59 Å². The summed E-state index contributed by atoms with van der Waals surface area (Å²) in [5, 5.41) is 10.2. The third-order valence-electron chi connectivity index (χ3n) is 5.28. The van der Waals surface area contributed by atoms with Crippen molar-refractivity contribution in [3.8, 4) is 5.13 Å². The number of hydrogen-bond acceptors (Lipinski definition) is 5. The van der Waals surface area contributed by atoms with Gasteiger partial charge in [-0.25, -0.2) is 9.67 Å². The van der Waals surface area contributed by atoms with Crippen molar-refractivity contribution in [3.05, 3.63) is 93.7 Å². The number of carbonyl (C=O) groups is 2. The Labute approximate surface area is 190 Å². The van der Waals surface area contributed by atoms with Crippen molar-refractivity contribution in [1.82, 2.24) is 14.8 Å². The second-order valence-electron chi connectivity index (χ2n) is 7.71. The van der Waals surface area contributed by atoms with Crippen LogP contribution >= 0.6 is 11.3 Å². The van der Waals surface area contributed by atoms with Gasteiger partial charge in [-0.3, -0.25) is 9.59 Å². The number of nitrogens with one attached hydrogen (secondary N) is 1. The number of ketones is 1. The van der Waals surface area contributed by atoms with Gasteiger partial charge in [0.05, 0.1) is 17.8 Å². The van der Waals surface area contributed by atoms with E-state index in [9.17, 15) is 9.59 Å². The summed E-state index contributed by atoms with van der Waals surface area (Å²) >= 11 is 1.46. The molecule has 0 aliphatic rings. The Bertz CT molecular complexity index is 1270. The van der Waals surface area contributed by atoms with E-state index in [0.717, 1.165) is 22.9 Å². The highest BCUT2D eigenvalue weighted by Gasteiger charge is 2.16. The number of benzene rings is 2. The van der Waals surface area contributed by atoms with Gasteiger partial charge in [-0.2, -0.15) is 5.10 Å². The molecule has 6 nitrogen and oxygen atoms in total. The molecule has 7 heteroatoms. The van der Waals surface area contributed by atoms with Gasteiger partial charge in [-0.15, -0.1) is 11.3 Å². The van der Waals surface area contributed by atoms with Gasteiger partial charge in [0.2, 0.25) is 11.0 Å². The number of rotatable bonds is 7. The van der Waals surface area contributed by atoms with Gasteiger partial charge in [0.15, 0.2) is 5.78 Å². The second kappa shape index (κ2) is 9.28. The molecule has 0 spiro atoms. The molecule has 0 saturated carbocycles. The summed E-state index contributed by atoms with van der Waals surface area (Å²) in [5.74, 6) is -0.220. The summed E-state index contributed by atoms with van der Waals surface area (Å²) < 4.78 is 1.86. The predicted octanol–water partition coefficient (Wildman–Crippen LogP) is 4.92. The molecule has 0 atom stereocenters. The van der Waals surface area contributed by atoms with Crippen molar-refractivity contribution in [1.29, 1.82) is 0 Å². The van der Waals surface area contributed by atoms with Gasteiger partial charge < -0.3 is 5.32 Å². The number of carbonyl (C=O) groups excluding carboxylic acids is 2. The molecule has 0 saturated heterocycles. The first-order valence-electron chi connectivity index (χ1n) is 10.4. The number of Topliss-reactive ketones (excluding diaryl/α,β-unsaturated/α-hetero) is 1. The average Bonchev–Trinajstić information content (AvgIpc) is 3.34. The van der Waals surface area contributed by atoms with Crippen molar-refractivity contribution in [2.45, 2.75) is 33.6 Å². The van der Waals surface area contributed by atoms with E-state index in [1.807, 2.05) is 42.1 Å². The monoisotopic (exact) mass is 444 g/mol. The molecular weight excluding hydrogens is 420 g/mol. The Morgan fingerprint density at radius 2 is 1.84 bits per heavy atom. The van der Waals surface area contributed by atoms with Crippen molar-refractivity contribution in [3.63, 3.8) is 0 Å². The van der Waals surface area contributed by atoms with Crippen molar-refractivity contribution in [2.75, 3.05) is 5.32 Å². The molecule has 2 heterocycles. The van der Waals surface area contributed by atoms with Crippen LogP contribution in [0.3, 0.4) is 0 Å². The van der Waals surface area contributed by atoms with E-state index in [2.05, 4.69) is 22.4 Å². The fraction of sp³-hybridized carbons (Fsp3) is 0.200. The van der Waals surface area contributed by atoms with Crippen LogP contribution in [0.4, 0.5) is 5.69 Å². The van der Waals surface area contributed by atoms with E-state index in [-0.39, 0.29) is 18.1 Å². The van der Waals surface area contributed by atoms with Crippen molar-refractivity contribution >= 4 is 28.7 Å². The number of thiazole rings is 1. The lowest BCUT2D eigenvalue weighted by Crippen LogP contribution is -2.15. The summed E-state index contributed by atoms with van der Waals surface area (Å²) in [6, 6.07) is 17.2. The van der Waals surface area contributed by atoms with E-state index in [1.54, 1.807) is 24.3 Å². The molecule has 0 bridgehead atoms. The van der Waals surface area contributed by atoms with E-state index in [4.69, 9.17) is 5.10 Å². The zero-order chi connectivity index (χ0) is 22.7. The summed E-state index contributed by atoms with van der Waals surface area (Å²) in [4.78, 5) is 28.7. The van der Waals surface area contributed by atoms with Crippen LogP contribution in [0.1, 0.15) is 45.5 Å². The zero-order valence-electron chi connectivity index (χ0n) is 18.3. The fourth-order valence-electron chi connectivity index (χ4n) is 3.58. The number of anilines is 1. The highest BCUT2D eigenvalue weighted by molar-refractivity contribution is 7.12. The molecule has 0 fully saturated rings. The Hall–Kier alpha value is -3.58. The maximum atomic E-state index is 12.5. The summed E-state index contributed by atoms with van der Waals surface area (Å²) in [5.41, 5.74) is 6.31. The maximum absolute atomic E-state index is 12.5. The lowest BCUT2D eigenvalue weighted by Gasteiger charge is -2.05. The summed E-state index contributed by atoms with van der Waals surface area (Å²) in [6.07, 6.45) is 0.968. The minimum Gasteiger partial charge on any atom is -0.326 e. The molecule has 4 rings (SSSR count). The van der Waals surface area contributed by atoms with Gasteiger partial charge >= 0.3 is 0 Å². The molecule has 0 aliphatic carbocycles. The summed E-state index contributed by atoms with van der Waals surface area (Å²) in [7, 11) is 0. The number of hydrogen-bond donors (Lipinski definition) is 1. The minimum atomic E-state index is -0.180. The highest BCUT2D eigenvalue weighted by Crippen LogP contribution is 2.23. The molecule has 162 valence electrons. The quantitative estimate of drug-likeness (QED) is 0.411. The van der Waals surface area contributed by atoms with Gasteiger partial charge in [-0.05, 0) is 38.5 Å². The van der Waals surface area contributed by atoms with Crippen LogP contribution < -0.4 is 5.32 Å². The Kier molecular flexibility index (Phi) is 6.28. The normalized spacial score (nSPS) is 10.8. The standard InChI is InChI=1S/C25H24N4O2S/c1-16-23(12-19-8-5-4-6-9-19)17(2)29(28-16)25-27-22(15-32-25)14-24(31)26-21-11-7-10-20(13-21)18(3)30/h4-11,13,15H,12,14H2,1-3H3,(H,26,31). The van der Waals surface area contributed by atoms with E-state index >= 15 is 0 Å². The van der Waals surface area contributed by atoms with Gasteiger partial charge in [0, 0.05) is 34.3 Å². The molecular formula is C25H24N4O2S. The maximum Gasteiger partial charge on any atom is 0.230 e. The molecule has 0 radical (unpaired) electrons. The highest BCUT2D eigenvalue weighted by atomic mass is 32.1. The van der Waals surface area contributed by atoms with Crippen LogP contribution in [0, 0.1) is 13.8 Å². The fourth-order valence-corrected chi connectivity index (χ4v) is 4.40. The third-order valence-corrected chi connectivity index (χ3v) is 6.15. The number of amides is 1.